The Balaban J connectivity index is 2.27. The molecule has 1 aliphatic heterocycles. The molecule has 0 spiro atoms. The third kappa shape index (κ3) is 1.21. The summed E-state index contributed by atoms with van der Waals surface area (Å²) in [5.74, 6) is -1.06. The Morgan fingerprint density at radius 3 is 2.75 bits per heavy atom. The second-order valence-electron chi connectivity index (χ2n) is 3.83. The van der Waals surface area contributed by atoms with E-state index >= 15 is 0 Å². The lowest BCUT2D eigenvalue weighted by Crippen LogP contribution is -2.06. The van der Waals surface area contributed by atoms with Crippen LogP contribution in [0.25, 0.3) is 5.57 Å². The van der Waals surface area contributed by atoms with Crippen LogP contribution in [0.5, 0.6) is 0 Å². The molecule has 0 unspecified atom stereocenters. The summed E-state index contributed by atoms with van der Waals surface area (Å²) in [6.07, 6.45) is 1.31. The number of fused-ring (bicyclic) bond motifs is 2. The first-order valence-corrected chi connectivity index (χ1v) is 5.33. The number of cyclic esters (lactones) is 2. The molecule has 0 saturated carbocycles. The number of benzene rings is 1. The van der Waals surface area contributed by atoms with E-state index in [-0.39, 0.29) is 0 Å². The Hall–Kier alpha value is -1.61. The van der Waals surface area contributed by atoms with Gasteiger partial charge in [0.25, 0.3) is 0 Å². The largest absolute Gasteiger partial charge is 0.386 e. The van der Waals surface area contributed by atoms with Crippen molar-refractivity contribution in [3.63, 3.8) is 0 Å². The second kappa shape index (κ2) is 3.19. The molecule has 0 saturated heterocycles. The van der Waals surface area contributed by atoms with E-state index in [1.807, 2.05) is 6.07 Å². The molecule has 80 valence electrons. The fourth-order valence-corrected chi connectivity index (χ4v) is 2.35. The maximum Gasteiger partial charge on any atom is 0.347 e. The van der Waals surface area contributed by atoms with Gasteiger partial charge < -0.3 is 4.74 Å². The van der Waals surface area contributed by atoms with Crippen molar-refractivity contribution in [2.45, 2.75) is 12.8 Å². The van der Waals surface area contributed by atoms with E-state index < -0.39 is 11.9 Å². The summed E-state index contributed by atoms with van der Waals surface area (Å²) < 4.78 is 4.61. The summed E-state index contributed by atoms with van der Waals surface area (Å²) in [5, 5.41) is 0.555. The monoisotopic (exact) mass is 234 g/mol. The molecule has 3 rings (SSSR count). The zero-order chi connectivity index (χ0) is 11.3. The minimum absolute atomic E-state index is 0.397. The number of hydrogen-bond acceptors (Lipinski definition) is 3. The van der Waals surface area contributed by atoms with Crippen molar-refractivity contribution in [1.82, 2.24) is 0 Å². The first-order valence-electron chi connectivity index (χ1n) is 4.95. The fourth-order valence-electron chi connectivity index (χ4n) is 2.18. The Kier molecular flexibility index (Phi) is 1.91. The van der Waals surface area contributed by atoms with Gasteiger partial charge in [-0.05, 0) is 36.1 Å². The second-order valence-corrected chi connectivity index (χ2v) is 4.27. The average Bonchev–Trinajstić information content (AvgIpc) is 2.54. The van der Waals surface area contributed by atoms with Gasteiger partial charge >= 0.3 is 11.9 Å². The Bertz CT molecular complexity index is 557. The topological polar surface area (TPSA) is 43.4 Å². The highest BCUT2D eigenvalue weighted by Crippen LogP contribution is 2.37. The molecule has 1 aromatic rings. The van der Waals surface area contributed by atoms with Crippen LogP contribution in [-0.4, -0.2) is 11.9 Å². The zero-order valence-electron chi connectivity index (χ0n) is 8.25. The molecule has 0 fully saturated rings. The molecule has 0 radical (unpaired) electrons. The quantitative estimate of drug-likeness (QED) is 0.510. The lowest BCUT2D eigenvalue weighted by Gasteiger charge is -2.14. The highest BCUT2D eigenvalue weighted by atomic mass is 35.5. The molecule has 0 amide bonds. The van der Waals surface area contributed by atoms with Gasteiger partial charge in [-0.2, -0.15) is 0 Å². The van der Waals surface area contributed by atoms with E-state index in [1.165, 1.54) is 0 Å². The number of aryl methyl sites for hydroxylation is 1. The van der Waals surface area contributed by atoms with Crippen molar-refractivity contribution < 1.29 is 14.3 Å². The van der Waals surface area contributed by atoms with E-state index in [0.717, 1.165) is 17.5 Å². The van der Waals surface area contributed by atoms with Crippen LogP contribution in [0.2, 0.25) is 5.02 Å². The molecule has 4 heteroatoms. The van der Waals surface area contributed by atoms with Gasteiger partial charge in [-0.1, -0.05) is 17.7 Å². The fraction of sp³-hybridized carbons (Fsp3) is 0.167. The van der Waals surface area contributed by atoms with Crippen LogP contribution in [0.15, 0.2) is 23.8 Å². The van der Waals surface area contributed by atoms with Crippen LogP contribution in [-0.2, 0) is 20.7 Å². The molecular weight excluding hydrogens is 228 g/mol. The Labute approximate surface area is 96.7 Å². The van der Waals surface area contributed by atoms with E-state index in [2.05, 4.69) is 4.74 Å². The molecule has 1 aromatic carbocycles. The van der Waals surface area contributed by atoms with Gasteiger partial charge in [-0.3, -0.25) is 0 Å². The van der Waals surface area contributed by atoms with Crippen molar-refractivity contribution >= 4 is 29.1 Å². The standard InChI is InChI=1S/C12H7ClO3/c13-7-3-1-6-2-4-8-10(9(6)5-7)12(15)16-11(8)14/h1,3,5H,2,4H2. The normalized spacial score (nSPS) is 18.3. The van der Waals surface area contributed by atoms with Crippen molar-refractivity contribution in [2.24, 2.45) is 0 Å². The minimum atomic E-state index is -0.553. The number of halogens is 1. The van der Waals surface area contributed by atoms with Crippen LogP contribution in [0.1, 0.15) is 17.5 Å². The summed E-state index contributed by atoms with van der Waals surface area (Å²) in [4.78, 5) is 22.9. The molecule has 1 heterocycles. The zero-order valence-corrected chi connectivity index (χ0v) is 9.00. The lowest BCUT2D eigenvalue weighted by molar-refractivity contribution is -0.150. The summed E-state index contributed by atoms with van der Waals surface area (Å²) in [7, 11) is 0. The molecule has 0 bridgehead atoms. The molecule has 0 atom stereocenters. The number of carbonyl (C=O) groups excluding carboxylic acids is 2. The lowest BCUT2D eigenvalue weighted by atomic mass is 9.87. The molecule has 0 N–H and O–H groups in total. The van der Waals surface area contributed by atoms with Gasteiger partial charge in [0, 0.05) is 5.02 Å². The summed E-state index contributed by atoms with van der Waals surface area (Å²) in [6.45, 7) is 0. The number of esters is 2. The highest BCUT2D eigenvalue weighted by Gasteiger charge is 2.37. The van der Waals surface area contributed by atoms with Crippen LogP contribution in [0.3, 0.4) is 0 Å². The maximum absolute atomic E-state index is 11.5. The van der Waals surface area contributed by atoms with E-state index in [1.54, 1.807) is 12.1 Å². The van der Waals surface area contributed by atoms with Crippen LogP contribution < -0.4 is 0 Å². The van der Waals surface area contributed by atoms with Gasteiger partial charge in [0.15, 0.2) is 0 Å². The number of rotatable bonds is 0. The third-order valence-electron chi connectivity index (χ3n) is 2.92. The van der Waals surface area contributed by atoms with Crippen molar-refractivity contribution in [2.75, 3.05) is 0 Å². The smallest absolute Gasteiger partial charge is 0.347 e. The molecule has 1 aliphatic carbocycles. The summed E-state index contributed by atoms with van der Waals surface area (Å²) >= 11 is 5.89. The first-order chi connectivity index (χ1) is 7.66. The van der Waals surface area contributed by atoms with E-state index in [9.17, 15) is 9.59 Å². The maximum atomic E-state index is 11.5. The van der Waals surface area contributed by atoms with Crippen LogP contribution >= 0.6 is 11.6 Å². The van der Waals surface area contributed by atoms with Crippen LogP contribution in [0.4, 0.5) is 0 Å². The molecule has 16 heavy (non-hydrogen) atoms. The molecule has 2 aliphatic rings. The highest BCUT2D eigenvalue weighted by molar-refractivity contribution is 6.33. The third-order valence-corrected chi connectivity index (χ3v) is 3.16. The number of ether oxygens (including phenoxy) is 1. The Morgan fingerprint density at radius 2 is 1.94 bits per heavy atom. The molecular formula is C12H7ClO3. The van der Waals surface area contributed by atoms with Crippen LogP contribution in [0, 0.1) is 0 Å². The van der Waals surface area contributed by atoms with Crippen molar-refractivity contribution in [3.8, 4) is 0 Å². The van der Waals surface area contributed by atoms with Gasteiger partial charge in [0.2, 0.25) is 0 Å². The van der Waals surface area contributed by atoms with Crippen molar-refractivity contribution in [3.05, 3.63) is 39.9 Å². The molecule has 3 nitrogen and oxygen atoms in total. The van der Waals surface area contributed by atoms with Gasteiger partial charge in [0.1, 0.15) is 0 Å². The minimum Gasteiger partial charge on any atom is -0.386 e. The van der Waals surface area contributed by atoms with Gasteiger partial charge in [-0.25, -0.2) is 9.59 Å². The molecule has 0 aromatic heterocycles. The SMILES string of the molecule is O=C1OC(=O)C2=C1CCc1ccc(Cl)cc12. The van der Waals surface area contributed by atoms with Gasteiger partial charge in [-0.15, -0.1) is 0 Å². The average molecular weight is 235 g/mol. The summed E-state index contributed by atoms with van der Waals surface area (Å²) in [5.41, 5.74) is 2.66. The predicted octanol–water partition coefficient (Wildman–Crippen LogP) is 2.12. The van der Waals surface area contributed by atoms with E-state index in [4.69, 9.17) is 11.6 Å². The predicted molar refractivity (Wildman–Crippen MR) is 57.8 cm³/mol. The Morgan fingerprint density at radius 1 is 1.12 bits per heavy atom. The number of carbonyl (C=O) groups is 2. The van der Waals surface area contributed by atoms with Gasteiger partial charge in [0.05, 0.1) is 11.1 Å². The van der Waals surface area contributed by atoms with E-state index in [0.29, 0.717) is 22.6 Å². The first kappa shape index (κ1) is 9.60. The summed E-state index contributed by atoms with van der Waals surface area (Å²) in [6, 6.07) is 5.39. The van der Waals surface area contributed by atoms with Crippen molar-refractivity contribution in [1.29, 1.82) is 0 Å². The number of hydrogen-bond donors (Lipinski definition) is 0.